The number of thioether (sulfide) groups is 1. The lowest BCUT2D eigenvalue weighted by Crippen LogP contribution is -2.25. The number of nitrogens with zero attached hydrogens (tertiary/aromatic N) is 2. The van der Waals surface area contributed by atoms with E-state index in [4.69, 9.17) is 11.6 Å². The molecule has 0 saturated carbocycles. The van der Waals surface area contributed by atoms with Crippen molar-refractivity contribution in [2.45, 2.75) is 13.3 Å². The fourth-order valence-corrected chi connectivity index (χ4v) is 3.49. The Bertz CT molecular complexity index is 746. The van der Waals surface area contributed by atoms with Crippen LogP contribution in [-0.2, 0) is 9.59 Å². The molecule has 2 heterocycles. The third kappa shape index (κ3) is 3.76. The summed E-state index contributed by atoms with van der Waals surface area (Å²) in [4.78, 5) is 24.9. The molecule has 1 aromatic carbocycles. The normalized spacial score (nSPS) is 17.7. The summed E-state index contributed by atoms with van der Waals surface area (Å²) < 4.78 is 0. The average Bonchev–Trinajstić information content (AvgIpc) is 3.11. The number of H-pyrrole nitrogens is 1. The van der Waals surface area contributed by atoms with E-state index in [1.165, 1.54) is 11.8 Å². The number of anilines is 1. The third-order valence-corrected chi connectivity index (χ3v) is 4.98. The lowest BCUT2D eigenvalue weighted by atomic mass is 10.1. The van der Waals surface area contributed by atoms with Crippen molar-refractivity contribution >= 4 is 40.2 Å². The maximum Gasteiger partial charge on any atom is 0.228 e. The van der Waals surface area contributed by atoms with Gasteiger partial charge in [-0.2, -0.15) is 5.10 Å². The molecule has 1 aliphatic heterocycles. The molecule has 120 valence electrons. The number of nitrogens with one attached hydrogen (secondary N) is 1. The van der Waals surface area contributed by atoms with Crippen LogP contribution in [0.4, 0.5) is 5.82 Å². The SMILES string of the molecule is CC(=O)SCC1CC(=O)N(c2cc(-c3cccc(Cl)c3)[nH]n2)C1. The van der Waals surface area contributed by atoms with E-state index >= 15 is 0 Å². The van der Waals surface area contributed by atoms with Crippen LogP contribution < -0.4 is 4.90 Å². The highest BCUT2D eigenvalue weighted by Crippen LogP contribution is 2.29. The highest BCUT2D eigenvalue weighted by Gasteiger charge is 2.32. The Balaban J connectivity index is 1.73. The molecule has 2 aromatic rings. The zero-order valence-corrected chi connectivity index (χ0v) is 14.2. The topological polar surface area (TPSA) is 66.1 Å². The predicted molar refractivity (Wildman–Crippen MR) is 92.6 cm³/mol. The zero-order valence-electron chi connectivity index (χ0n) is 12.6. The Labute approximate surface area is 143 Å². The van der Waals surface area contributed by atoms with Crippen LogP contribution in [-0.4, -0.2) is 33.5 Å². The molecular formula is C16H16ClN3O2S. The largest absolute Gasteiger partial charge is 0.295 e. The van der Waals surface area contributed by atoms with Crippen molar-refractivity contribution in [1.29, 1.82) is 0 Å². The summed E-state index contributed by atoms with van der Waals surface area (Å²) in [5.41, 5.74) is 1.74. The number of rotatable bonds is 4. The summed E-state index contributed by atoms with van der Waals surface area (Å²) >= 11 is 7.27. The van der Waals surface area contributed by atoms with Crippen LogP contribution in [0.2, 0.25) is 5.02 Å². The fraction of sp³-hybridized carbons (Fsp3) is 0.312. The monoisotopic (exact) mass is 349 g/mol. The van der Waals surface area contributed by atoms with Crippen molar-refractivity contribution in [1.82, 2.24) is 10.2 Å². The van der Waals surface area contributed by atoms with E-state index in [-0.39, 0.29) is 16.9 Å². The van der Waals surface area contributed by atoms with Gasteiger partial charge < -0.3 is 0 Å². The van der Waals surface area contributed by atoms with Crippen molar-refractivity contribution in [3.05, 3.63) is 35.4 Å². The Morgan fingerprint density at radius 1 is 1.48 bits per heavy atom. The van der Waals surface area contributed by atoms with E-state index < -0.39 is 0 Å². The molecule has 5 nitrogen and oxygen atoms in total. The molecule has 1 atom stereocenters. The quantitative estimate of drug-likeness (QED) is 0.919. The van der Waals surface area contributed by atoms with Crippen LogP contribution in [0.3, 0.4) is 0 Å². The maximum atomic E-state index is 12.2. The lowest BCUT2D eigenvalue weighted by Gasteiger charge is -2.12. The smallest absolute Gasteiger partial charge is 0.228 e. The van der Waals surface area contributed by atoms with Crippen LogP contribution in [0, 0.1) is 5.92 Å². The molecule has 1 N–H and O–H groups in total. The molecule has 1 saturated heterocycles. The second kappa shape index (κ2) is 6.76. The summed E-state index contributed by atoms with van der Waals surface area (Å²) in [5.74, 6) is 1.51. The van der Waals surface area contributed by atoms with Crippen molar-refractivity contribution in [2.75, 3.05) is 17.2 Å². The molecule has 1 amide bonds. The summed E-state index contributed by atoms with van der Waals surface area (Å²) in [7, 11) is 0. The first kappa shape index (κ1) is 16.1. The number of benzene rings is 1. The minimum Gasteiger partial charge on any atom is -0.295 e. The molecule has 23 heavy (non-hydrogen) atoms. The van der Waals surface area contributed by atoms with Gasteiger partial charge in [0.05, 0.1) is 5.69 Å². The summed E-state index contributed by atoms with van der Waals surface area (Å²) in [6.45, 7) is 2.14. The van der Waals surface area contributed by atoms with Crippen molar-refractivity contribution in [3.63, 3.8) is 0 Å². The molecule has 0 bridgehead atoms. The number of carbonyl (C=O) groups excluding carboxylic acids is 2. The summed E-state index contributed by atoms with van der Waals surface area (Å²) in [5, 5.41) is 7.93. The van der Waals surface area contributed by atoms with Gasteiger partial charge >= 0.3 is 0 Å². The molecule has 1 unspecified atom stereocenters. The Morgan fingerprint density at radius 2 is 2.30 bits per heavy atom. The number of hydrogen-bond acceptors (Lipinski definition) is 4. The summed E-state index contributed by atoms with van der Waals surface area (Å²) in [6.07, 6.45) is 0.458. The Kier molecular flexibility index (Phi) is 4.73. The minimum atomic E-state index is 0.0447. The van der Waals surface area contributed by atoms with Gasteiger partial charge in [-0.1, -0.05) is 35.5 Å². The van der Waals surface area contributed by atoms with Gasteiger partial charge in [0, 0.05) is 42.3 Å². The number of aromatic nitrogens is 2. The molecular weight excluding hydrogens is 334 g/mol. The molecule has 1 fully saturated rings. The standard InChI is InChI=1S/C16H16ClN3O2S/c1-10(21)23-9-11-5-16(22)20(8-11)15-7-14(18-19-15)12-3-2-4-13(17)6-12/h2-4,6-7,11H,5,8-9H2,1H3,(H,18,19). The van der Waals surface area contributed by atoms with E-state index in [1.54, 1.807) is 11.8 Å². The van der Waals surface area contributed by atoms with E-state index in [0.717, 1.165) is 11.3 Å². The van der Waals surface area contributed by atoms with Gasteiger partial charge in [0.25, 0.3) is 0 Å². The Morgan fingerprint density at radius 3 is 3.04 bits per heavy atom. The molecule has 1 aromatic heterocycles. The van der Waals surface area contributed by atoms with E-state index in [9.17, 15) is 9.59 Å². The van der Waals surface area contributed by atoms with E-state index in [1.807, 2.05) is 30.3 Å². The fourth-order valence-electron chi connectivity index (χ4n) is 2.60. The number of aromatic amines is 1. The third-order valence-electron chi connectivity index (χ3n) is 3.70. The van der Waals surface area contributed by atoms with Gasteiger partial charge in [0.1, 0.15) is 0 Å². The van der Waals surface area contributed by atoms with E-state index in [2.05, 4.69) is 10.2 Å². The first-order valence-corrected chi connectivity index (χ1v) is 8.64. The number of carbonyl (C=O) groups is 2. The Hall–Kier alpha value is -1.79. The molecule has 0 radical (unpaired) electrons. The van der Waals surface area contributed by atoms with Gasteiger partial charge in [0.15, 0.2) is 10.9 Å². The van der Waals surface area contributed by atoms with Gasteiger partial charge in [0.2, 0.25) is 5.91 Å². The van der Waals surface area contributed by atoms with Crippen molar-refractivity contribution < 1.29 is 9.59 Å². The highest BCUT2D eigenvalue weighted by atomic mass is 35.5. The number of hydrogen-bond donors (Lipinski definition) is 1. The van der Waals surface area contributed by atoms with Crippen LogP contribution >= 0.6 is 23.4 Å². The number of halogens is 1. The first-order chi connectivity index (χ1) is 11.0. The average molecular weight is 350 g/mol. The van der Waals surface area contributed by atoms with Gasteiger partial charge in [-0.3, -0.25) is 19.6 Å². The maximum absolute atomic E-state index is 12.2. The van der Waals surface area contributed by atoms with Crippen molar-refractivity contribution in [3.8, 4) is 11.3 Å². The minimum absolute atomic E-state index is 0.0447. The molecule has 7 heteroatoms. The highest BCUT2D eigenvalue weighted by molar-refractivity contribution is 8.13. The number of amides is 1. The molecule has 0 spiro atoms. The van der Waals surface area contributed by atoms with Gasteiger partial charge in [-0.25, -0.2) is 0 Å². The lowest BCUT2D eigenvalue weighted by molar-refractivity contribution is -0.117. The molecule has 3 rings (SSSR count). The van der Waals surface area contributed by atoms with Crippen LogP contribution in [0.5, 0.6) is 0 Å². The zero-order chi connectivity index (χ0) is 16.4. The van der Waals surface area contributed by atoms with Crippen LogP contribution in [0.15, 0.2) is 30.3 Å². The summed E-state index contributed by atoms with van der Waals surface area (Å²) in [6, 6.07) is 9.31. The van der Waals surface area contributed by atoms with Crippen molar-refractivity contribution in [2.24, 2.45) is 5.92 Å². The first-order valence-electron chi connectivity index (χ1n) is 7.28. The second-order valence-corrected chi connectivity index (χ2v) is 7.16. The van der Waals surface area contributed by atoms with Gasteiger partial charge in [-0.05, 0) is 18.1 Å². The second-order valence-electron chi connectivity index (χ2n) is 5.53. The predicted octanol–water partition coefficient (Wildman–Crippen LogP) is 3.36. The molecule has 1 aliphatic rings. The van der Waals surface area contributed by atoms with Crippen LogP contribution in [0.25, 0.3) is 11.3 Å². The van der Waals surface area contributed by atoms with E-state index in [0.29, 0.717) is 29.6 Å². The van der Waals surface area contributed by atoms with Gasteiger partial charge in [-0.15, -0.1) is 0 Å². The van der Waals surface area contributed by atoms with Crippen LogP contribution in [0.1, 0.15) is 13.3 Å². The molecule has 0 aliphatic carbocycles.